The van der Waals surface area contributed by atoms with Gasteiger partial charge >= 0.3 is 5.97 Å². The molecule has 0 unspecified atom stereocenters. The molecule has 0 N–H and O–H groups in total. The average molecular weight is 538 g/mol. The van der Waals surface area contributed by atoms with Crippen LogP contribution in [0.15, 0.2) is 78.0 Å². The lowest BCUT2D eigenvalue weighted by Gasteiger charge is -2.16. The predicted molar refractivity (Wildman–Crippen MR) is 153 cm³/mol. The van der Waals surface area contributed by atoms with Crippen LogP contribution in [0.4, 0.5) is 0 Å². The number of rotatable bonds is 4. The monoisotopic (exact) mass is 537 g/mol. The van der Waals surface area contributed by atoms with Gasteiger partial charge in [-0.25, -0.2) is 4.79 Å². The Morgan fingerprint density at radius 3 is 1.66 bits per heavy atom. The van der Waals surface area contributed by atoms with E-state index in [1.54, 1.807) is 6.92 Å². The molecule has 7 rings (SSSR count). The molecule has 0 amide bonds. The topological polar surface area (TPSA) is 50.1 Å². The highest BCUT2D eigenvalue weighted by Gasteiger charge is 2.24. The Bertz CT molecular complexity index is 1160. The zero-order chi connectivity index (χ0) is 24.8. The summed E-state index contributed by atoms with van der Waals surface area (Å²) < 4.78 is 9.36. The number of thioether (sulfide) groups is 4. The highest BCUT2D eigenvalue weighted by molar-refractivity contribution is 8.40. The van der Waals surface area contributed by atoms with Crippen LogP contribution in [0, 0.1) is 11.3 Å². The van der Waals surface area contributed by atoms with E-state index in [2.05, 4.69) is 67.1 Å². The van der Waals surface area contributed by atoms with Crippen molar-refractivity contribution >= 4 is 53.0 Å². The first-order valence-electron chi connectivity index (χ1n) is 11.4. The van der Waals surface area contributed by atoms with Crippen LogP contribution >= 0.6 is 47.0 Å². The van der Waals surface area contributed by atoms with Gasteiger partial charge in [0.05, 0.1) is 19.3 Å². The summed E-state index contributed by atoms with van der Waals surface area (Å²) in [6, 6.07) is 19.3. The van der Waals surface area contributed by atoms with E-state index in [9.17, 15) is 10.1 Å². The molecule has 2 aromatic rings. The Kier molecular flexibility index (Phi) is 9.18. The van der Waals surface area contributed by atoms with Crippen LogP contribution in [0.25, 0.3) is 0 Å². The first-order valence-corrected chi connectivity index (χ1v) is 15.5. The molecule has 0 fully saturated rings. The number of carbonyl (C=O) groups excluding carboxylic acids is 1. The van der Waals surface area contributed by atoms with Crippen LogP contribution in [0.5, 0.6) is 0 Å². The van der Waals surface area contributed by atoms with Crippen molar-refractivity contribution in [1.82, 2.24) is 0 Å². The van der Waals surface area contributed by atoms with Crippen molar-refractivity contribution in [2.24, 2.45) is 0 Å². The number of nitriles is 1. The minimum absolute atomic E-state index is 0.121. The molecule has 3 nitrogen and oxygen atoms in total. The second-order valence-electron chi connectivity index (χ2n) is 8.23. The zero-order valence-electron chi connectivity index (χ0n) is 20.1. The van der Waals surface area contributed by atoms with Gasteiger partial charge in [-0.1, -0.05) is 72.1 Å². The molecular formula is C28H27NO2S4. The lowest BCUT2D eigenvalue weighted by molar-refractivity contribution is -0.138. The number of benzene rings is 2. The van der Waals surface area contributed by atoms with Gasteiger partial charge in [0, 0.05) is 0 Å². The molecule has 0 saturated carbocycles. The summed E-state index contributed by atoms with van der Waals surface area (Å²) in [5.74, 6) is -0.537. The molecule has 0 saturated heterocycles. The lowest BCUT2D eigenvalue weighted by atomic mass is 9.91. The number of esters is 1. The third kappa shape index (κ3) is 6.42. The number of allylic oxidation sites excluding steroid dienone is 2. The molecule has 0 radical (unpaired) electrons. The second-order valence-corrected chi connectivity index (χ2v) is 12.7. The van der Waals surface area contributed by atoms with Crippen molar-refractivity contribution < 1.29 is 9.53 Å². The molecule has 180 valence electrons. The zero-order valence-corrected chi connectivity index (χ0v) is 23.3. The van der Waals surface area contributed by atoms with Gasteiger partial charge in [0.1, 0.15) is 11.6 Å². The standard InChI is InChI=1S/C28H27NO2S4/c1-4-31-25(30)24(17-29)22-13-18-5-9-20(10-6-18)15-23(16-21-11-7-19(14-22)8-12-21)26-34-27(32-2)28(33-3)35-26/h5-12H,4,13-16H2,1-3H3. The van der Waals surface area contributed by atoms with Crippen molar-refractivity contribution in [2.45, 2.75) is 32.6 Å². The van der Waals surface area contributed by atoms with E-state index >= 15 is 0 Å². The molecule has 2 aromatic carbocycles. The Labute approximate surface area is 224 Å². The van der Waals surface area contributed by atoms with E-state index in [-0.39, 0.29) is 12.2 Å². The molecule has 7 heteroatoms. The third-order valence-electron chi connectivity index (χ3n) is 5.86. The summed E-state index contributed by atoms with van der Waals surface area (Å²) >= 11 is 7.48. The smallest absolute Gasteiger partial charge is 0.348 e. The Morgan fingerprint density at radius 1 is 0.857 bits per heavy atom. The number of nitrogens with zero attached hydrogens (tertiary/aromatic N) is 1. The molecule has 35 heavy (non-hydrogen) atoms. The highest BCUT2D eigenvalue weighted by Crippen LogP contribution is 2.57. The van der Waals surface area contributed by atoms with Crippen LogP contribution in [-0.4, -0.2) is 25.1 Å². The fourth-order valence-electron chi connectivity index (χ4n) is 4.12. The quantitative estimate of drug-likeness (QED) is 0.227. The van der Waals surface area contributed by atoms with Crippen molar-refractivity contribution in [2.75, 3.05) is 19.1 Å². The first-order chi connectivity index (χ1) is 17.0. The maximum Gasteiger partial charge on any atom is 0.348 e. The summed E-state index contributed by atoms with van der Waals surface area (Å²) in [6.07, 6.45) is 7.19. The van der Waals surface area contributed by atoms with Crippen LogP contribution in [0.1, 0.15) is 29.2 Å². The van der Waals surface area contributed by atoms with Crippen LogP contribution in [0.3, 0.4) is 0 Å². The fraction of sp³-hybridized carbons (Fsp3) is 0.286. The van der Waals surface area contributed by atoms with Crippen LogP contribution < -0.4 is 0 Å². The molecule has 1 heterocycles. The largest absolute Gasteiger partial charge is 0.462 e. The summed E-state index contributed by atoms with van der Waals surface area (Å²) in [7, 11) is 0. The van der Waals surface area contributed by atoms with Gasteiger partial charge in [0.25, 0.3) is 0 Å². The molecule has 1 aliphatic heterocycles. The summed E-state index contributed by atoms with van der Waals surface area (Å²) in [6.45, 7) is 2.01. The van der Waals surface area contributed by atoms with E-state index in [4.69, 9.17) is 4.74 Å². The number of hydrogen-bond donors (Lipinski definition) is 0. The third-order valence-corrected chi connectivity index (χ3v) is 11.3. The van der Waals surface area contributed by atoms with Gasteiger partial charge in [-0.3, -0.25) is 0 Å². The van der Waals surface area contributed by atoms with Gasteiger partial charge in [0.2, 0.25) is 0 Å². The maximum absolute atomic E-state index is 12.5. The SMILES string of the molecule is CCOC(=O)C(C#N)=C1Cc2ccc(cc2)CC(=C2SC(SC)=C(SC)S2)Cc2ccc(cc2)C1. The Balaban J connectivity index is 1.74. The highest BCUT2D eigenvalue weighted by atomic mass is 32.3. The Hall–Kier alpha value is -1.98. The average Bonchev–Trinajstić information content (AvgIpc) is 3.30. The maximum atomic E-state index is 12.5. The number of hydrogen-bond acceptors (Lipinski definition) is 7. The Morgan fingerprint density at radius 2 is 1.29 bits per heavy atom. The van der Waals surface area contributed by atoms with Gasteiger partial charge in [-0.05, 0) is 78.5 Å². The van der Waals surface area contributed by atoms with Crippen molar-refractivity contribution in [3.63, 3.8) is 0 Å². The van der Waals surface area contributed by atoms with Crippen molar-refractivity contribution in [3.8, 4) is 6.07 Å². The fourth-order valence-corrected chi connectivity index (χ4v) is 9.18. The minimum atomic E-state index is -0.537. The summed E-state index contributed by atoms with van der Waals surface area (Å²) in [5, 5.41) is 9.77. The second kappa shape index (κ2) is 12.3. The summed E-state index contributed by atoms with van der Waals surface area (Å²) in [4.78, 5) is 12.5. The van der Waals surface area contributed by atoms with E-state index in [0.29, 0.717) is 12.8 Å². The van der Waals surface area contributed by atoms with Gasteiger partial charge in [-0.2, -0.15) is 5.26 Å². The molecule has 4 bridgehead atoms. The van der Waals surface area contributed by atoms with Crippen LogP contribution in [0.2, 0.25) is 0 Å². The minimum Gasteiger partial charge on any atom is -0.462 e. The molecule has 5 aliphatic rings. The van der Waals surface area contributed by atoms with Gasteiger partial charge < -0.3 is 4.74 Å². The van der Waals surface area contributed by atoms with E-state index in [0.717, 1.165) is 29.5 Å². The van der Waals surface area contributed by atoms with Crippen molar-refractivity contribution in [1.29, 1.82) is 5.26 Å². The molecule has 0 aromatic heterocycles. The first kappa shape index (κ1) is 26.1. The number of carbonyl (C=O) groups is 1. The van der Waals surface area contributed by atoms with Gasteiger partial charge in [-0.15, -0.1) is 23.5 Å². The van der Waals surface area contributed by atoms with Crippen molar-refractivity contribution in [3.05, 3.63) is 100 Å². The molecular weight excluding hydrogens is 511 g/mol. The molecule has 4 aliphatic carbocycles. The van der Waals surface area contributed by atoms with E-state index in [1.165, 1.54) is 29.4 Å². The normalized spacial score (nSPS) is 15.9. The van der Waals surface area contributed by atoms with Crippen LogP contribution in [-0.2, 0) is 35.2 Å². The van der Waals surface area contributed by atoms with E-state index in [1.807, 2.05) is 47.0 Å². The predicted octanol–water partition coefficient (Wildman–Crippen LogP) is 7.50. The summed E-state index contributed by atoms with van der Waals surface area (Å²) in [5.41, 5.74) is 7.08. The number of ether oxygens (including phenoxy) is 1. The molecule has 0 spiro atoms. The lowest BCUT2D eigenvalue weighted by Crippen LogP contribution is -2.12. The van der Waals surface area contributed by atoms with E-state index < -0.39 is 5.97 Å². The molecule has 0 atom stereocenters. The van der Waals surface area contributed by atoms with Gasteiger partial charge in [0.15, 0.2) is 0 Å².